The average Bonchev–Trinajstić information content (AvgIpc) is 1.98. The molecular formula is C4H8NO4S2-. The van der Waals surface area contributed by atoms with Crippen LogP contribution in [0.25, 0.3) is 0 Å². The lowest BCUT2D eigenvalue weighted by Crippen LogP contribution is -2.34. The van der Waals surface area contributed by atoms with Crippen molar-refractivity contribution in [3.8, 4) is 0 Å². The minimum Gasteiger partial charge on any atom is -0.770 e. The smallest absolute Gasteiger partial charge is 0.324 e. The van der Waals surface area contributed by atoms with Gasteiger partial charge >= 0.3 is 5.97 Å². The van der Waals surface area contributed by atoms with Crippen LogP contribution in [0.4, 0.5) is 0 Å². The Labute approximate surface area is 72.0 Å². The van der Waals surface area contributed by atoms with Gasteiger partial charge < -0.3 is 15.0 Å². The van der Waals surface area contributed by atoms with Gasteiger partial charge in [-0.2, -0.15) is 12.6 Å². The van der Waals surface area contributed by atoms with Crippen molar-refractivity contribution < 1.29 is 18.3 Å². The van der Waals surface area contributed by atoms with Crippen LogP contribution in [0.3, 0.4) is 0 Å². The third-order valence-electron chi connectivity index (χ3n) is 0.797. The fourth-order valence-electron chi connectivity index (χ4n) is 0.288. The third-order valence-corrected chi connectivity index (χ3v) is 1.50. The van der Waals surface area contributed by atoms with Crippen molar-refractivity contribution >= 4 is 29.7 Å². The molecule has 0 aliphatic heterocycles. The minimum absolute atomic E-state index is 0.129. The predicted octanol–water partition coefficient (Wildman–Crippen LogP) is -1.38. The SMILES string of the molecule is N[C@@H](CS)C(=O)OCS(=O)[O-]. The van der Waals surface area contributed by atoms with Gasteiger partial charge in [0, 0.05) is 5.75 Å². The molecule has 0 radical (unpaired) electrons. The number of ether oxygens (including phenoxy) is 1. The van der Waals surface area contributed by atoms with Crippen LogP contribution in [0, 0.1) is 0 Å². The predicted molar refractivity (Wildman–Crippen MR) is 41.7 cm³/mol. The highest BCUT2D eigenvalue weighted by atomic mass is 32.2. The zero-order valence-corrected chi connectivity index (χ0v) is 7.27. The highest BCUT2D eigenvalue weighted by molar-refractivity contribution is 7.80. The Morgan fingerprint density at radius 3 is 2.73 bits per heavy atom. The Bertz CT molecular complexity index is 162. The Hall–Kier alpha value is -0.110. The largest absolute Gasteiger partial charge is 0.770 e. The van der Waals surface area contributed by atoms with Crippen molar-refractivity contribution in [3.63, 3.8) is 0 Å². The number of esters is 1. The molecule has 0 heterocycles. The van der Waals surface area contributed by atoms with E-state index >= 15 is 0 Å². The standard InChI is InChI=1S/C4H9NO4S2/c5-3(1-10)4(6)9-2-11(7)8/h3,10H,1-2,5H2,(H,7,8)/p-1/t3-/m0/s1. The van der Waals surface area contributed by atoms with Crippen molar-refractivity contribution in [1.82, 2.24) is 0 Å². The van der Waals surface area contributed by atoms with Crippen LogP contribution >= 0.6 is 12.6 Å². The molecule has 0 fully saturated rings. The van der Waals surface area contributed by atoms with Crippen LogP contribution in [0.1, 0.15) is 0 Å². The number of hydrogen-bond donors (Lipinski definition) is 2. The molecule has 0 saturated carbocycles. The first kappa shape index (κ1) is 10.9. The van der Waals surface area contributed by atoms with Crippen molar-refractivity contribution in [2.24, 2.45) is 5.73 Å². The summed E-state index contributed by atoms with van der Waals surface area (Å²) in [5.41, 5.74) is 5.15. The van der Waals surface area contributed by atoms with Crippen molar-refractivity contribution in [2.45, 2.75) is 6.04 Å². The summed E-state index contributed by atoms with van der Waals surface area (Å²) in [5.74, 6) is -1.28. The highest BCUT2D eigenvalue weighted by Gasteiger charge is 2.11. The Kier molecular flexibility index (Phi) is 5.47. The molecule has 2 atom stereocenters. The molecule has 0 rings (SSSR count). The monoisotopic (exact) mass is 198 g/mol. The first-order chi connectivity index (χ1) is 5.07. The second-order valence-electron chi connectivity index (χ2n) is 1.67. The summed E-state index contributed by atoms with van der Waals surface area (Å²) < 4.78 is 24.0. The molecule has 0 spiro atoms. The number of rotatable bonds is 4. The van der Waals surface area contributed by atoms with Crippen LogP contribution in [-0.4, -0.2) is 32.5 Å². The maximum absolute atomic E-state index is 10.6. The second-order valence-corrected chi connectivity index (χ2v) is 2.88. The molecule has 0 aromatic carbocycles. The lowest BCUT2D eigenvalue weighted by Gasteiger charge is -2.09. The van der Waals surface area contributed by atoms with Crippen molar-refractivity contribution in [1.29, 1.82) is 0 Å². The summed E-state index contributed by atoms with van der Waals surface area (Å²) in [7, 11) is 0. The number of carbonyl (C=O) groups excluding carboxylic acids is 1. The van der Waals surface area contributed by atoms with E-state index in [0.717, 1.165) is 0 Å². The van der Waals surface area contributed by atoms with E-state index in [0.29, 0.717) is 0 Å². The molecule has 0 amide bonds. The minimum atomic E-state index is -2.38. The summed E-state index contributed by atoms with van der Waals surface area (Å²) in [6.07, 6.45) is 0. The molecule has 0 aromatic heterocycles. The Balaban J connectivity index is 3.60. The molecule has 0 aliphatic carbocycles. The van der Waals surface area contributed by atoms with Gasteiger partial charge in [-0.15, -0.1) is 0 Å². The molecule has 1 unspecified atom stereocenters. The van der Waals surface area contributed by atoms with E-state index in [2.05, 4.69) is 17.4 Å². The van der Waals surface area contributed by atoms with E-state index in [4.69, 9.17) is 5.73 Å². The van der Waals surface area contributed by atoms with E-state index in [1.807, 2.05) is 0 Å². The first-order valence-corrected chi connectivity index (χ1v) is 4.54. The van der Waals surface area contributed by atoms with Crippen molar-refractivity contribution in [2.75, 3.05) is 11.7 Å². The fourth-order valence-corrected chi connectivity index (χ4v) is 0.649. The molecule has 66 valence electrons. The second kappa shape index (κ2) is 5.53. The summed E-state index contributed by atoms with van der Waals surface area (Å²) in [6, 6.07) is -0.859. The van der Waals surface area contributed by atoms with Crippen LogP contribution in [0.2, 0.25) is 0 Å². The topological polar surface area (TPSA) is 92.5 Å². The number of nitrogens with two attached hydrogens (primary N) is 1. The zero-order valence-electron chi connectivity index (χ0n) is 5.56. The summed E-state index contributed by atoms with van der Waals surface area (Å²) in [6.45, 7) is 0. The van der Waals surface area contributed by atoms with Gasteiger partial charge in [-0.1, -0.05) is 0 Å². The van der Waals surface area contributed by atoms with Gasteiger partial charge in [0.1, 0.15) is 6.04 Å². The lowest BCUT2D eigenvalue weighted by molar-refractivity contribution is -0.142. The molecule has 7 heteroatoms. The van der Waals surface area contributed by atoms with Crippen LogP contribution in [0.15, 0.2) is 0 Å². The summed E-state index contributed by atoms with van der Waals surface area (Å²) in [4.78, 5) is 10.6. The van der Waals surface area contributed by atoms with Gasteiger partial charge in [0.15, 0.2) is 5.94 Å². The number of carbonyl (C=O) groups is 1. The van der Waals surface area contributed by atoms with Gasteiger partial charge in [-0.05, 0) is 11.1 Å². The Morgan fingerprint density at radius 2 is 2.36 bits per heavy atom. The molecule has 5 nitrogen and oxygen atoms in total. The number of thiol groups is 1. The van der Waals surface area contributed by atoms with Crippen LogP contribution < -0.4 is 5.73 Å². The van der Waals surface area contributed by atoms with Crippen molar-refractivity contribution in [3.05, 3.63) is 0 Å². The summed E-state index contributed by atoms with van der Waals surface area (Å²) in [5, 5.41) is 0. The average molecular weight is 198 g/mol. The fraction of sp³-hybridized carbons (Fsp3) is 0.750. The first-order valence-electron chi connectivity index (χ1n) is 2.67. The lowest BCUT2D eigenvalue weighted by atomic mass is 10.4. The third kappa shape index (κ3) is 5.19. The molecule has 11 heavy (non-hydrogen) atoms. The van der Waals surface area contributed by atoms with Gasteiger partial charge in [0.25, 0.3) is 0 Å². The van der Waals surface area contributed by atoms with Gasteiger partial charge in [-0.25, -0.2) is 0 Å². The molecule has 0 saturated heterocycles. The zero-order chi connectivity index (χ0) is 8.85. The highest BCUT2D eigenvalue weighted by Crippen LogP contribution is 1.89. The molecular weight excluding hydrogens is 190 g/mol. The molecule has 0 bridgehead atoms. The van der Waals surface area contributed by atoms with E-state index < -0.39 is 29.0 Å². The van der Waals surface area contributed by atoms with E-state index in [-0.39, 0.29) is 5.75 Å². The molecule has 0 aliphatic rings. The normalized spacial score (nSPS) is 15.5. The van der Waals surface area contributed by atoms with E-state index in [9.17, 15) is 13.6 Å². The van der Waals surface area contributed by atoms with Crippen LogP contribution in [-0.2, 0) is 20.6 Å². The number of hydrogen-bond acceptors (Lipinski definition) is 6. The van der Waals surface area contributed by atoms with Gasteiger partial charge in [-0.3, -0.25) is 9.00 Å². The van der Waals surface area contributed by atoms with Crippen LogP contribution in [0.5, 0.6) is 0 Å². The molecule has 0 aromatic rings. The van der Waals surface area contributed by atoms with E-state index in [1.165, 1.54) is 0 Å². The van der Waals surface area contributed by atoms with Gasteiger partial charge in [0.05, 0.1) is 0 Å². The maximum Gasteiger partial charge on any atom is 0.324 e. The Morgan fingerprint density at radius 1 is 1.82 bits per heavy atom. The van der Waals surface area contributed by atoms with E-state index in [1.54, 1.807) is 0 Å². The summed E-state index contributed by atoms with van der Waals surface area (Å²) >= 11 is 1.34. The maximum atomic E-state index is 10.6. The quantitative estimate of drug-likeness (QED) is 0.330. The molecule has 2 N–H and O–H groups in total. The van der Waals surface area contributed by atoms with Gasteiger partial charge in [0.2, 0.25) is 0 Å².